The van der Waals surface area contributed by atoms with Crippen LogP contribution in [0, 0.1) is 5.92 Å². The number of allylic oxidation sites excluding steroid dienone is 1. The summed E-state index contributed by atoms with van der Waals surface area (Å²) in [4.78, 5) is 35.1. The highest BCUT2D eigenvalue weighted by atomic mass is 16.4. The number of amides is 2. The molecule has 0 aromatic heterocycles. The number of carboxylic acids is 1. The predicted molar refractivity (Wildman–Crippen MR) is 86.1 cm³/mol. The summed E-state index contributed by atoms with van der Waals surface area (Å²) >= 11 is 0. The standard InChI is InChI=1S/C17H20N2O4/c1-2-3-7-14(17(22)23)19-16(21)12-5-4-6-13(10-12)18-15(20)11-8-9-11/h2,4-6,10-11,14H,1,3,7-9H2,(H,18,20)(H,19,21)(H,22,23). The van der Waals surface area contributed by atoms with Crippen LogP contribution in [0.15, 0.2) is 36.9 Å². The van der Waals surface area contributed by atoms with Crippen molar-refractivity contribution >= 4 is 23.5 Å². The van der Waals surface area contributed by atoms with E-state index in [1.54, 1.807) is 30.3 Å². The highest BCUT2D eigenvalue weighted by molar-refractivity contribution is 5.99. The van der Waals surface area contributed by atoms with Crippen LogP contribution in [0.3, 0.4) is 0 Å². The Kier molecular flexibility index (Phi) is 5.51. The maximum atomic E-state index is 12.2. The second-order valence-electron chi connectivity index (χ2n) is 5.57. The van der Waals surface area contributed by atoms with Crippen LogP contribution in [0.4, 0.5) is 5.69 Å². The Morgan fingerprint density at radius 3 is 2.70 bits per heavy atom. The smallest absolute Gasteiger partial charge is 0.326 e. The Morgan fingerprint density at radius 2 is 2.09 bits per heavy atom. The fourth-order valence-corrected chi connectivity index (χ4v) is 2.11. The molecule has 1 atom stereocenters. The topological polar surface area (TPSA) is 95.5 Å². The molecule has 23 heavy (non-hydrogen) atoms. The Bertz CT molecular complexity index is 623. The molecule has 1 aromatic rings. The van der Waals surface area contributed by atoms with Crippen molar-refractivity contribution < 1.29 is 19.5 Å². The number of carbonyl (C=O) groups is 3. The summed E-state index contributed by atoms with van der Waals surface area (Å²) in [7, 11) is 0. The van der Waals surface area contributed by atoms with Crippen molar-refractivity contribution in [1.29, 1.82) is 0 Å². The molecule has 0 aliphatic heterocycles. The lowest BCUT2D eigenvalue weighted by Crippen LogP contribution is -2.40. The SMILES string of the molecule is C=CCCC(NC(=O)c1cccc(NC(=O)C2CC2)c1)C(=O)O. The average molecular weight is 316 g/mol. The van der Waals surface area contributed by atoms with E-state index >= 15 is 0 Å². The fraction of sp³-hybridized carbons (Fsp3) is 0.353. The first-order valence-electron chi connectivity index (χ1n) is 7.56. The number of nitrogens with one attached hydrogen (secondary N) is 2. The van der Waals surface area contributed by atoms with Gasteiger partial charge in [-0.25, -0.2) is 4.79 Å². The van der Waals surface area contributed by atoms with Gasteiger partial charge >= 0.3 is 5.97 Å². The van der Waals surface area contributed by atoms with Crippen molar-refractivity contribution in [2.24, 2.45) is 5.92 Å². The number of aliphatic carboxylic acids is 1. The zero-order chi connectivity index (χ0) is 16.8. The van der Waals surface area contributed by atoms with E-state index in [4.69, 9.17) is 5.11 Å². The number of rotatable bonds is 8. The molecule has 2 amide bonds. The molecule has 0 heterocycles. The molecule has 3 N–H and O–H groups in total. The Hall–Kier alpha value is -2.63. The van der Waals surface area contributed by atoms with E-state index in [2.05, 4.69) is 17.2 Å². The molecule has 0 bridgehead atoms. The van der Waals surface area contributed by atoms with Crippen molar-refractivity contribution in [1.82, 2.24) is 5.32 Å². The molecule has 1 aliphatic rings. The Balaban J connectivity index is 2.01. The van der Waals surface area contributed by atoms with E-state index in [-0.39, 0.29) is 18.2 Å². The van der Waals surface area contributed by atoms with Gasteiger partial charge in [-0.05, 0) is 43.9 Å². The van der Waals surface area contributed by atoms with Crippen LogP contribution >= 0.6 is 0 Å². The van der Waals surface area contributed by atoms with Crippen molar-refractivity contribution in [3.63, 3.8) is 0 Å². The third-order valence-corrected chi connectivity index (χ3v) is 3.60. The van der Waals surface area contributed by atoms with Crippen LogP contribution in [-0.2, 0) is 9.59 Å². The van der Waals surface area contributed by atoms with E-state index in [9.17, 15) is 14.4 Å². The maximum Gasteiger partial charge on any atom is 0.326 e. The van der Waals surface area contributed by atoms with Crippen LogP contribution in [-0.4, -0.2) is 28.9 Å². The zero-order valence-electron chi connectivity index (χ0n) is 12.7. The maximum absolute atomic E-state index is 12.2. The van der Waals surface area contributed by atoms with Gasteiger partial charge in [-0.3, -0.25) is 9.59 Å². The van der Waals surface area contributed by atoms with Crippen LogP contribution in [0.1, 0.15) is 36.0 Å². The fourth-order valence-electron chi connectivity index (χ4n) is 2.11. The van der Waals surface area contributed by atoms with Crippen molar-refractivity contribution in [2.45, 2.75) is 31.7 Å². The van der Waals surface area contributed by atoms with Gasteiger partial charge in [0.15, 0.2) is 0 Å². The Labute approximate surface area is 134 Å². The van der Waals surface area contributed by atoms with Gasteiger partial charge in [-0.15, -0.1) is 6.58 Å². The summed E-state index contributed by atoms with van der Waals surface area (Å²) in [5.74, 6) is -1.54. The molecule has 0 radical (unpaired) electrons. The number of hydrogen-bond donors (Lipinski definition) is 3. The van der Waals surface area contributed by atoms with E-state index in [1.165, 1.54) is 0 Å². The number of benzene rings is 1. The van der Waals surface area contributed by atoms with Gasteiger partial charge in [0.1, 0.15) is 6.04 Å². The van der Waals surface area contributed by atoms with Crippen LogP contribution in [0.2, 0.25) is 0 Å². The highest BCUT2D eigenvalue weighted by Crippen LogP contribution is 2.30. The largest absolute Gasteiger partial charge is 0.480 e. The number of carboxylic acid groups (broad SMARTS) is 1. The first-order chi connectivity index (χ1) is 11.0. The normalized spacial score (nSPS) is 14.6. The molecule has 0 saturated heterocycles. The van der Waals surface area contributed by atoms with Gasteiger partial charge in [0.25, 0.3) is 5.91 Å². The minimum atomic E-state index is -1.08. The Morgan fingerprint density at radius 1 is 1.35 bits per heavy atom. The molecule has 2 rings (SSSR count). The molecule has 1 fully saturated rings. The molecular formula is C17H20N2O4. The van der Waals surface area contributed by atoms with Gasteiger partial charge in [0.2, 0.25) is 5.91 Å². The predicted octanol–water partition coefficient (Wildman–Crippen LogP) is 2.18. The summed E-state index contributed by atoms with van der Waals surface area (Å²) in [6.45, 7) is 3.54. The lowest BCUT2D eigenvalue weighted by molar-refractivity contribution is -0.139. The summed E-state index contributed by atoms with van der Waals surface area (Å²) < 4.78 is 0. The third kappa shape index (κ3) is 4.95. The molecule has 6 heteroatoms. The minimum absolute atomic E-state index is 0.0445. The van der Waals surface area contributed by atoms with Gasteiger partial charge in [0.05, 0.1) is 0 Å². The number of anilines is 1. The first-order valence-corrected chi connectivity index (χ1v) is 7.56. The highest BCUT2D eigenvalue weighted by Gasteiger charge is 2.29. The van der Waals surface area contributed by atoms with Crippen LogP contribution < -0.4 is 10.6 Å². The van der Waals surface area contributed by atoms with Gasteiger partial charge in [-0.2, -0.15) is 0 Å². The molecule has 1 saturated carbocycles. The number of hydrogen-bond acceptors (Lipinski definition) is 3. The lowest BCUT2D eigenvalue weighted by Gasteiger charge is -2.14. The summed E-state index contributed by atoms with van der Waals surface area (Å²) in [6.07, 6.45) is 4.18. The zero-order valence-corrected chi connectivity index (χ0v) is 12.7. The molecule has 0 spiro atoms. The second kappa shape index (κ2) is 7.58. The monoisotopic (exact) mass is 316 g/mol. The van der Waals surface area contributed by atoms with Crippen LogP contribution in [0.5, 0.6) is 0 Å². The molecular weight excluding hydrogens is 296 g/mol. The van der Waals surface area contributed by atoms with Crippen LogP contribution in [0.25, 0.3) is 0 Å². The van der Waals surface area contributed by atoms with Gasteiger partial charge in [0, 0.05) is 17.2 Å². The van der Waals surface area contributed by atoms with E-state index < -0.39 is 17.9 Å². The lowest BCUT2D eigenvalue weighted by atomic mass is 10.1. The van der Waals surface area contributed by atoms with Crippen molar-refractivity contribution in [2.75, 3.05) is 5.32 Å². The molecule has 1 aliphatic carbocycles. The van der Waals surface area contributed by atoms with Crippen molar-refractivity contribution in [3.05, 3.63) is 42.5 Å². The molecule has 1 unspecified atom stereocenters. The van der Waals surface area contributed by atoms with E-state index in [1.807, 2.05) is 0 Å². The minimum Gasteiger partial charge on any atom is -0.480 e. The van der Waals surface area contributed by atoms with Gasteiger partial charge < -0.3 is 15.7 Å². The van der Waals surface area contributed by atoms with E-state index in [0.717, 1.165) is 12.8 Å². The summed E-state index contributed by atoms with van der Waals surface area (Å²) in [6, 6.07) is 5.50. The molecule has 1 aromatic carbocycles. The third-order valence-electron chi connectivity index (χ3n) is 3.60. The molecule has 122 valence electrons. The van der Waals surface area contributed by atoms with Gasteiger partial charge in [-0.1, -0.05) is 12.1 Å². The summed E-state index contributed by atoms with van der Waals surface area (Å²) in [5.41, 5.74) is 0.843. The van der Waals surface area contributed by atoms with E-state index in [0.29, 0.717) is 17.7 Å². The quantitative estimate of drug-likeness (QED) is 0.641. The first kappa shape index (κ1) is 16.7. The second-order valence-corrected chi connectivity index (χ2v) is 5.57. The molecule has 6 nitrogen and oxygen atoms in total. The summed E-state index contributed by atoms with van der Waals surface area (Å²) in [5, 5.41) is 14.4. The number of carbonyl (C=O) groups excluding carboxylic acids is 2. The average Bonchev–Trinajstić information content (AvgIpc) is 3.36. The van der Waals surface area contributed by atoms with Crippen molar-refractivity contribution in [3.8, 4) is 0 Å².